The van der Waals surface area contributed by atoms with E-state index in [9.17, 15) is 9.18 Å². The van der Waals surface area contributed by atoms with Crippen molar-refractivity contribution < 1.29 is 4.39 Å². The monoisotopic (exact) mass is 485 g/mol. The van der Waals surface area contributed by atoms with Crippen LogP contribution < -0.4 is 10.5 Å². The molecule has 4 aromatic rings. The number of hydrogen-bond acceptors (Lipinski definition) is 5. The first-order chi connectivity index (χ1) is 17.3. The lowest BCUT2D eigenvalue weighted by Crippen LogP contribution is -2.57. The Morgan fingerprint density at radius 2 is 1.81 bits per heavy atom. The van der Waals surface area contributed by atoms with Crippen LogP contribution >= 0.6 is 0 Å². The molecule has 0 N–H and O–H groups in total. The Kier molecular flexibility index (Phi) is 6.06. The Morgan fingerprint density at radius 3 is 2.47 bits per heavy atom. The minimum absolute atomic E-state index is 0.0505. The number of benzene rings is 1. The lowest BCUT2D eigenvalue weighted by molar-refractivity contribution is 0.130. The van der Waals surface area contributed by atoms with E-state index < -0.39 is 0 Å². The highest BCUT2D eigenvalue weighted by molar-refractivity contribution is 5.89. The van der Waals surface area contributed by atoms with Crippen molar-refractivity contribution in [2.45, 2.75) is 32.0 Å². The summed E-state index contributed by atoms with van der Waals surface area (Å²) in [6, 6.07) is 11.8. The molecule has 1 aliphatic rings. The molecule has 184 valence electrons. The van der Waals surface area contributed by atoms with Gasteiger partial charge in [0.15, 0.2) is 0 Å². The zero-order valence-corrected chi connectivity index (χ0v) is 20.8. The second-order valence-corrected chi connectivity index (χ2v) is 9.52. The Bertz CT molecular complexity index is 1520. The van der Waals surface area contributed by atoms with Crippen LogP contribution in [0, 0.1) is 12.4 Å². The number of anilines is 1. The smallest absolute Gasteiger partial charge is 0.270 e. The number of halogens is 1. The van der Waals surface area contributed by atoms with E-state index in [-0.39, 0.29) is 29.5 Å². The molecule has 1 saturated heterocycles. The van der Waals surface area contributed by atoms with Gasteiger partial charge in [-0.15, -0.1) is 4.98 Å². The van der Waals surface area contributed by atoms with Gasteiger partial charge in [0.2, 0.25) is 5.52 Å². The molecular formula is C27H28FN7O. The van der Waals surface area contributed by atoms with Gasteiger partial charge in [0.05, 0.1) is 23.4 Å². The summed E-state index contributed by atoms with van der Waals surface area (Å²) < 4.78 is 17.1. The van der Waals surface area contributed by atoms with Crippen molar-refractivity contribution in [1.29, 1.82) is 0 Å². The van der Waals surface area contributed by atoms with Crippen molar-refractivity contribution >= 4 is 22.5 Å². The molecule has 0 bridgehead atoms. The van der Waals surface area contributed by atoms with Gasteiger partial charge in [0.1, 0.15) is 5.82 Å². The summed E-state index contributed by atoms with van der Waals surface area (Å²) in [5, 5.41) is 4.39. The first kappa shape index (κ1) is 23.7. The molecule has 5 rings (SSSR count). The second kappa shape index (κ2) is 9.21. The van der Waals surface area contributed by atoms with Crippen LogP contribution in [-0.4, -0.2) is 49.4 Å². The number of fused-ring (bicyclic) bond motifs is 1. The highest BCUT2D eigenvalue weighted by Crippen LogP contribution is 2.36. The third-order valence-electron chi connectivity index (χ3n) is 7.07. The number of pyridine rings is 2. The molecule has 0 radical (unpaired) electrons. The van der Waals surface area contributed by atoms with Crippen LogP contribution in [0.25, 0.3) is 15.9 Å². The van der Waals surface area contributed by atoms with Crippen molar-refractivity contribution in [3.05, 3.63) is 93.6 Å². The maximum absolute atomic E-state index is 13.7. The molecule has 1 unspecified atom stereocenters. The van der Waals surface area contributed by atoms with Gasteiger partial charge < -0.3 is 14.3 Å². The molecular weight excluding hydrogens is 457 g/mol. The van der Waals surface area contributed by atoms with Gasteiger partial charge in [-0.3, -0.25) is 14.4 Å². The van der Waals surface area contributed by atoms with Crippen molar-refractivity contribution in [2.75, 3.05) is 18.0 Å². The third kappa shape index (κ3) is 4.14. The van der Waals surface area contributed by atoms with Crippen LogP contribution in [0.4, 0.5) is 15.9 Å². The molecule has 3 atom stereocenters. The Hall–Kier alpha value is -4.03. The summed E-state index contributed by atoms with van der Waals surface area (Å²) >= 11 is 0. The largest absolute Gasteiger partial charge is 0.362 e. The summed E-state index contributed by atoms with van der Waals surface area (Å²) in [7, 11) is 3.61. The molecule has 4 heterocycles. The summed E-state index contributed by atoms with van der Waals surface area (Å²) in [6.45, 7) is 13.1. The Balaban J connectivity index is 1.55. The SMILES string of the molecule is [C-]#[N+]c1ccc2c(n1)c(N1C[C@@H](C)N(C(c3ccc(F)cc3)c3cnn(C)c3)C[C@@H]1C)cc(=O)n2C. The lowest BCUT2D eigenvalue weighted by Gasteiger charge is -2.48. The van der Waals surface area contributed by atoms with Crippen LogP contribution in [0.15, 0.2) is 59.7 Å². The predicted octanol–water partition coefficient (Wildman–Crippen LogP) is 4.05. The maximum Gasteiger partial charge on any atom is 0.270 e. The number of aromatic nitrogens is 4. The molecule has 0 amide bonds. The fourth-order valence-electron chi connectivity index (χ4n) is 5.23. The fourth-order valence-corrected chi connectivity index (χ4v) is 5.23. The summed E-state index contributed by atoms with van der Waals surface area (Å²) in [5.41, 5.74) is 4.03. The average Bonchev–Trinajstić information content (AvgIpc) is 3.30. The molecule has 0 saturated carbocycles. The summed E-state index contributed by atoms with van der Waals surface area (Å²) in [5.74, 6) is 0.0356. The molecule has 0 aliphatic carbocycles. The van der Waals surface area contributed by atoms with Gasteiger partial charge in [-0.05, 0) is 43.7 Å². The van der Waals surface area contributed by atoms with Gasteiger partial charge in [-0.2, -0.15) is 5.10 Å². The van der Waals surface area contributed by atoms with Crippen molar-refractivity contribution in [3.8, 4) is 0 Å². The quantitative estimate of drug-likeness (QED) is 0.408. The van der Waals surface area contributed by atoms with E-state index >= 15 is 0 Å². The van der Waals surface area contributed by atoms with Crippen LogP contribution in [-0.2, 0) is 14.1 Å². The van der Waals surface area contributed by atoms with Crippen molar-refractivity contribution in [1.82, 2.24) is 24.2 Å². The van der Waals surface area contributed by atoms with Crippen LogP contribution in [0.3, 0.4) is 0 Å². The standard InChI is InChI=1S/C27H28FN7O/c1-17-15-35(27(20-13-30-32(4)16-20)19-6-8-21(28)9-7-19)18(2)14-34(17)23-12-25(36)33(5)22-10-11-24(29-3)31-26(22)23/h6-13,16-18,27H,14-15H2,1-2,4-5H3/t17-,18+,27?/m0/s1. The fraction of sp³-hybridized carbons (Fsp3) is 0.333. The van der Waals surface area contributed by atoms with E-state index in [1.807, 2.05) is 31.6 Å². The maximum atomic E-state index is 13.7. The molecule has 9 heteroatoms. The first-order valence-electron chi connectivity index (χ1n) is 11.9. The summed E-state index contributed by atoms with van der Waals surface area (Å²) in [4.78, 5) is 25.5. The molecule has 1 aromatic carbocycles. The van der Waals surface area contributed by atoms with E-state index in [1.54, 1.807) is 34.5 Å². The zero-order valence-electron chi connectivity index (χ0n) is 20.8. The molecule has 8 nitrogen and oxygen atoms in total. The molecule has 0 spiro atoms. The van der Waals surface area contributed by atoms with Gasteiger partial charge in [0, 0.05) is 57.1 Å². The van der Waals surface area contributed by atoms with Gasteiger partial charge >= 0.3 is 0 Å². The molecule has 1 fully saturated rings. The van der Waals surface area contributed by atoms with Crippen LogP contribution in [0.2, 0.25) is 0 Å². The third-order valence-corrected chi connectivity index (χ3v) is 7.07. The highest BCUT2D eigenvalue weighted by Gasteiger charge is 2.36. The van der Waals surface area contributed by atoms with E-state index in [2.05, 4.69) is 38.6 Å². The Labute approximate surface area is 209 Å². The summed E-state index contributed by atoms with van der Waals surface area (Å²) in [6.07, 6.45) is 3.87. The highest BCUT2D eigenvalue weighted by atomic mass is 19.1. The number of rotatable bonds is 4. The Morgan fingerprint density at radius 1 is 1.06 bits per heavy atom. The van der Waals surface area contributed by atoms with Crippen molar-refractivity contribution in [2.24, 2.45) is 14.1 Å². The minimum Gasteiger partial charge on any atom is -0.362 e. The van der Waals surface area contributed by atoms with Gasteiger partial charge in [0.25, 0.3) is 11.4 Å². The van der Waals surface area contributed by atoms with E-state index in [0.29, 0.717) is 29.9 Å². The molecule has 36 heavy (non-hydrogen) atoms. The van der Waals surface area contributed by atoms with Crippen molar-refractivity contribution in [3.63, 3.8) is 0 Å². The van der Waals surface area contributed by atoms with Crippen LogP contribution in [0.5, 0.6) is 0 Å². The van der Waals surface area contributed by atoms with E-state index in [1.165, 1.54) is 12.1 Å². The van der Waals surface area contributed by atoms with Crippen LogP contribution in [0.1, 0.15) is 31.0 Å². The molecule has 1 aliphatic heterocycles. The lowest BCUT2D eigenvalue weighted by atomic mass is 9.95. The first-order valence-corrected chi connectivity index (χ1v) is 11.9. The molecule has 3 aromatic heterocycles. The van der Waals surface area contributed by atoms with Gasteiger partial charge in [-0.25, -0.2) is 4.39 Å². The second-order valence-electron chi connectivity index (χ2n) is 9.52. The predicted molar refractivity (Wildman–Crippen MR) is 138 cm³/mol. The number of aryl methyl sites for hydroxylation is 2. The average molecular weight is 486 g/mol. The normalized spacial score (nSPS) is 19.4. The number of nitrogens with zero attached hydrogens (tertiary/aromatic N) is 7. The van der Waals surface area contributed by atoms with E-state index in [0.717, 1.165) is 16.8 Å². The number of hydrogen-bond donors (Lipinski definition) is 0. The van der Waals surface area contributed by atoms with Gasteiger partial charge in [-0.1, -0.05) is 18.7 Å². The van der Waals surface area contributed by atoms with E-state index in [4.69, 9.17) is 6.57 Å². The minimum atomic E-state index is -0.265. The zero-order chi connectivity index (χ0) is 25.6. The number of piperazine rings is 1. The topological polar surface area (TPSA) is 63.6 Å².